The molecule has 0 unspecified atom stereocenters. The fourth-order valence-corrected chi connectivity index (χ4v) is 1.64. The van der Waals surface area contributed by atoms with Crippen molar-refractivity contribution in [2.45, 2.75) is 20.3 Å². The maximum absolute atomic E-state index is 11.1. The molecule has 3 nitrogen and oxygen atoms in total. The number of likely N-dealkylation sites (N-methyl/N-ethyl adjacent to an activating group) is 1. The molecule has 0 aliphatic rings. The number of hydrogen-bond donors (Lipinski definition) is 0. The van der Waals surface area contributed by atoms with Crippen LogP contribution in [0.25, 0.3) is 0 Å². The molecule has 0 fully saturated rings. The van der Waals surface area contributed by atoms with Gasteiger partial charge >= 0.3 is 5.97 Å². The number of nitrogens with zero attached hydrogens (tertiary/aromatic N) is 1. The molecule has 0 N–H and O–H groups in total. The summed E-state index contributed by atoms with van der Waals surface area (Å²) >= 11 is 0. The van der Waals surface area contributed by atoms with Crippen LogP contribution >= 0.6 is 0 Å². The Morgan fingerprint density at radius 3 is 2.59 bits per heavy atom. The van der Waals surface area contributed by atoms with E-state index >= 15 is 0 Å². The van der Waals surface area contributed by atoms with Crippen molar-refractivity contribution in [2.24, 2.45) is 0 Å². The number of carbonyl (C=O) groups is 1. The Balaban J connectivity index is 2.44. The second kappa shape index (κ2) is 6.40. The molecular weight excluding hydrogens is 214 g/mol. The number of benzene rings is 1. The molecule has 94 valence electrons. The van der Waals surface area contributed by atoms with Crippen LogP contribution in [0.4, 0.5) is 0 Å². The number of hydrogen-bond acceptors (Lipinski definition) is 3. The van der Waals surface area contributed by atoms with E-state index in [1.807, 2.05) is 11.9 Å². The first kappa shape index (κ1) is 13.7. The SMILES string of the molecule is COC(=O)CN(C)CCc1ccc(C)c(C)c1. The molecule has 1 aromatic carbocycles. The van der Waals surface area contributed by atoms with E-state index in [-0.39, 0.29) is 5.97 Å². The molecule has 0 amide bonds. The molecule has 1 rings (SSSR count). The van der Waals surface area contributed by atoms with Crippen molar-refractivity contribution < 1.29 is 9.53 Å². The van der Waals surface area contributed by atoms with E-state index in [0.717, 1.165) is 13.0 Å². The van der Waals surface area contributed by atoms with Crippen molar-refractivity contribution in [3.63, 3.8) is 0 Å². The Morgan fingerprint density at radius 1 is 1.29 bits per heavy atom. The van der Waals surface area contributed by atoms with Crippen LogP contribution in [0.2, 0.25) is 0 Å². The Morgan fingerprint density at radius 2 is 2.00 bits per heavy atom. The van der Waals surface area contributed by atoms with Gasteiger partial charge in [0.25, 0.3) is 0 Å². The normalized spacial score (nSPS) is 10.6. The van der Waals surface area contributed by atoms with E-state index in [0.29, 0.717) is 6.54 Å². The molecule has 0 aromatic heterocycles. The molecule has 0 aliphatic carbocycles. The molecular formula is C14H21NO2. The first-order valence-corrected chi connectivity index (χ1v) is 5.84. The Labute approximate surface area is 103 Å². The van der Waals surface area contributed by atoms with E-state index < -0.39 is 0 Å². The highest BCUT2D eigenvalue weighted by Crippen LogP contribution is 2.10. The standard InChI is InChI=1S/C14H21NO2/c1-11-5-6-13(9-12(11)2)7-8-15(3)10-14(16)17-4/h5-6,9H,7-8,10H2,1-4H3. The van der Waals surface area contributed by atoms with Crippen molar-refractivity contribution in [3.05, 3.63) is 34.9 Å². The monoisotopic (exact) mass is 235 g/mol. The zero-order valence-corrected chi connectivity index (χ0v) is 11.1. The lowest BCUT2D eigenvalue weighted by Gasteiger charge is -2.15. The van der Waals surface area contributed by atoms with Gasteiger partial charge < -0.3 is 4.74 Å². The highest BCUT2D eigenvalue weighted by atomic mass is 16.5. The number of methoxy groups -OCH3 is 1. The van der Waals surface area contributed by atoms with Crippen LogP contribution in [0.5, 0.6) is 0 Å². The Bertz CT molecular complexity index is 388. The molecule has 0 saturated heterocycles. The van der Waals surface area contributed by atoms with Gasteiger partial charge in [-0.05, 0) is 44.0 Å². The number of ether oxygens (including phenoxy) is 1. The molecule has 0 aliphatic heterocycles. The van der Waals surface area contributed by atoms with Crippen LogP contribution in [0.3, 0.4) is 0 Å². The highest BCUT2D eigenvalue weighted by molar-refractivity contribution is 5.71. The van der Waals surface area contributed by atoms with Crippen molar-refractivity contribution in [1.82, 2.24) is 4.90 Å². The quantitative estimate of drug-likeness (QED) is 0.731. The predicted octanol–water partition coefficient (Wildman–Crippen LogP) is 1.95. The van der Waals surface area contributed by atoms with Crippen molar-refractivity contribution in [2.75, 3.05) is 27.2 Å². The summed E-state index contributed by atoms with van der Waals surface area (Å²) in [5.74, 6) is -0.187. The van der Waals surface area contributed by atoms with Crippen LogP contribution < -0.4 is 0 Å². The lowest BCUT2D eigenvalue weighted by Crippen LogP contribution is -2.28. The van der Waals surface area contributed by atoms with Gasteiger partial charge in [-0.25, -0.2) is 0 Å². The summed E-state index contributed by atoms with van der Waals surface area (Å²) in [5, 5.41) is 0. The first-order chi connectivity index (χ1) is 8.02. The van der Waals surface area contributed by atoms with Gasteiger partial charge in [0.2, 0.25) is 0 Å². The maximum atomic E-state index is 11.1. The minimum atomic E-state index is -0.187. The van der Waals surface area contributed by atoms with Gasteiger partial charge in [-0.2, -0.15) is 0 Å². The van der Waals surface area contributed by atoms with Crippen LogP contribution in [0.15, 0.2) is 18.2 Å². The minimum absolute atomic E-state index is 0.187. The third-order valence-corrected chi connectivity index (χ3v) is 2.98. The number of aryl methyl sites for hydroxylation is 2. The third kappa shape index (κ3) is 4.57. The maximum Gasteiger partial charge on any atom is 0.319 e. The molecule has 0 heterocycles. The Hall–Kier alpha value is -1.35. The van der Waals surface area contributed by atoms with Gasteiger partial charge in [0.1, 0.15) is 0 Å². The zero-order valence-electron chi connectivity index (χ0n) is 11.1. The van der Waals surface area contributed by atoms with Crippen molar-refractivity contribution >= 4 is 5.97 Å². The number of rotatable bonds is 5. The van der Waals surface area contributed by atoms with E-state index in [9.17, 15) is 4.79 Å². The van der Waals surface area contributed by atoms with Crippen LogP contribution in [-0.2, 0) is 16.0 Å². The van der Waals surface area contributed by atoms with Gasteiger partial charge in [0, 0.05) is 6.54 Å². The summed E-state index contributed by atoms with van der Waals surface area (Å²) in [5.41, 5.74) is 3.94. The van der Waals surface area contributed by atoms with Gasteiger partial charge in [0.15, 0.2) is 0 Å². The van der Waals surface area contributed by atoms with Crippen LogP contribution in [-0.4, -0.2) is 38.1 Å². The number of esters is 1. The average molecular weight is 235 g/mol. The Kier molecular flexibility index (Phi) is 5.16. The third-order valence-electron chi connectivity index (χ3n) is 2.98. The van der Waals surface area contributed by atoms with E-state index in [2.05, 4.69) is 36.8 Å². The lowest BCUT2D eigenvalue weighted by molar-refractivity contribution is -0.141. The minimum Gasteiger partial charge on any atom is -0.468 e. The molecule has 0 atom stereocenters. The second-order valence-corrected chi connectivity index (χ2v) is 4.48. The number of carbonyl (C=O) groups excluding carboxylic acids is 1. The van der Waals surface area contributed by atoms with E-state index in [4.69, 9.17) is 0 Å². The summed E-state index contributed by atoms with van der Waals surface area (Å²) in [4.78, 5) is 13.0. The predicted molar refractivity (Wildman–Crippen MR) is 69.1 cm³/mol. The molecule has 0 saturated carbocycles. The van der Waals surface area contributed by atoms with E-state index in [1.54, 1.807) is 0 Å². The molecule has 0 bridgehead atoms. The lowest BCUT2D eigenvalue weighted by atomic mass is 10.0. The summed E-state index contributed by atoms with van der Waals surface area (Å²) in [7, 11) is 3.34. The molecule has 17 heavy (non-hydrogen) atoms. The average Bonchev–Trinajstić information content (AvgIpc) is 2.30. The molecule has 0 spiro atoms. The van der Waals surface area contributed by atoms with Gasteiger partial charge in [-0.3, -0.25) is 9.69 Å². The fourth-order valence-electron chi connectivity index (χ4n) is 1.64. The summed E-state index contributed by atoms with van der Waals surface area (Å²) in [6.45, 7) is 5.44. The van der Waals surface area contributed by atoms with Gasteiger partial charge in [-0.1, -0.05) is 18.2 Å². The molecule has 1 aromatic rings. The highest BCUT2D eigenvalue weighted by Gasteiger charge is 2.06. The smallest absolute Gasteiger partial charge is 0.319 e. The fraction of sp³-hybridized carbons (Fsp3) is 0.500. The topological polar surface area (TPSA) is 29.5 Å². The van der Waals surface area contributed by atoms with Crippen molar-refractivity contribution in [1.29, 1.82) is 0 Å². The van der Waals surface area contributed by atoms with Gasteiger partial charge in [-0.15, -0.1) is 0 Å². The summed E-state index contributed by atoms with van der Waals surface area (Å²) in [6.07, 6.45) is 0.953. The van der Waals surface area contributed by atoms with Crippen LogP contribution in [0, 0.1) is 13.8 Å². The summed E-state index contributed by atoms with van der Waals surface area (Å²) < 4.78 is 4.63. The second-order valence-electron chi connectivity index (χ2n) is 4.48. The van der Waals surface area contributed by atoms with Crippen LogP contribution in [0.1, 0.15) is 16.7 Å². The molecule has 0 radical (unpaired) electrons. The zero-order chi connectivity index (χ0) is 12.8. The van der Waals surface area contributed by atoms with Gasteiger partial charge in [0.05, 0.1) is 13.7 Å². The van der Waals surface area contributed by atoms with E-state index in [1.165, 1.54) is 23.8 Å². The summed E-state index contributed by atoms with van der Waals surface area (Å²) in [6, 6.07) is 6.50. The van der Waals surface area contributed by atoms with Crippen molar-refractivity contribution in [3.8, 4) is 0 Å². The molecule has 3 heteroatoms. The largest absolute Gasteiger partial charge is 0.468 e. The first-order valence-electron chi connectivity index (χ1n) is 5.84.